The van der Waals surface area contributed by atoms with Gasteiger partial charge in [0.05, 0.1) is 0 Å². The molecule has 0 atom stereocenters. The molecule has 2 rings (SSSR count). The van der Waals surface area contributed by atoms with Gasteiger partial charge in [-0.15, -0.1) is 0 Å². The van der Waals surface area contributed by atoms with E-state index in [2.05, 4.69) is 22.2 Å². The fourth-order valence-electron chi connectivity index (χ4n) is 2.17. The van der Waals surface area contributed by atoms with E-state index in [1.165, 1.54) is 25.7 Å². The van der Waals surface area contributed by atoms with Crippen LogP contribution in [0.2, 0.25) is 0 Å². The lowest BCUT2D eigenvalue weighted by molar-refractivity contribution is 0.361. The second-order valence-electron chi connectivity index (χ2n) is 4.64. The SMILES string of the molecule is CC1CCC(Nc2cc(N)nc(N)n2)CC1. The molecule has 0 spiro atoms. The maximum absolute atomic E-state index is 5.62. The van der Waals surface area contributed by atoms with Gasteiger partial charge in [-0.3, -0.25) is 0 Å². The molecule has 16 heavy (non-hydrogen) atoms. The highest BCUT2D eigenvalue weighted by molar-refractivity contribution is 5.48. The summed E-state index contributed by atoms with van der Waals surface area (Å²) in [5, 5.41) is 3.37. The molecule has 0 aromatic carbocycles. The molecule has 0 unspecified atom stereocenters. The highest BCUT2D eigenvalue weighted by Crippen LogP contribution is 2.25. The van der Waals surface area contributed by atoms with E-state index in [0.29, 0.717) is 11.9 Å². The van der Waals surface area contributed by atoms with Crippen molar-refractivity contribution in [1.82, 2.24) is 9.97 Å². The number of rotatable bonds is 2. The van der Waals surface area contributed by atoms with E-state index in [1.807, 2.05) is 0 Å². The molecule has 0 saturated heterocycles. The minimum Gasteiger partial charge on any atom is -0.383 e. The molecule has 0 bridgehead atoms. The smallest absolute Gasteiger partial charge is 0.223 e. The van der Waals surface area contributed by atoms with Crippen molar-refractivity contribution in [2.45, 2.75) is 38.6 Å². The minimum absolute atomic E-state index is 0.228. The van der Waals surface area contributed by atoms with Gasteiger partial charge in [0.2, 0.25) is 5.95 Å². The summed E-state index contributed by atoms with van der Waals surface area (Å²) in [4.78, 5) is 7.97. The zero-order chi connectivity index (χ0) is 11.5. The second-order valence-corrected chi connectivity index (χ2v) is 4.64. The van der Waals surface area contributed by atoms with E-state index < -0.39 is 0 Å². The summed E-state index contributed by atoms with van der Waals surface area (Å²) in [6, 6.07) is 2.22. The second kappa shape index (κ2) is 4.55. The average Bonchev–Trinajstić information content (AvgIpc) is 2.20. The zero-order valence-corrected chi connectivity index (χ0v) is 9.61. The summed E-state index contributed by atoms with van der Waals surface area (Å²) in [7, 11) is 0. The molecular formula is C11H19N5. The largest absolute Gasteiger partial charge is 0.383 e. The maximum atomic E-state index is 5.62. The molecule has 1 aliphatic carbocycles. The number of nitrogens with one attached hydrogen (secondary N) is 1. The van der Waals surface area contributed by atoms with E-state index in [1.54, 1.807) is 6.07 Å². The summed E-state index contributed by atoms with van der Waals surface area (Å²) in [5.41, 5.74) is 11.2. The molecule has 5 nitrogen and oxygen atoms in total. The highest BCUT2D eigenvalue weighted by Gasteiger charge is 2.18. The Kier molecular flexibility index (Phi) is 3.12. The highest BCUT2D eigenvalue weighted by atomic mass is 15.1. The van der Waals surface area contributed by atoms with E-state index in [4.69, 9.17) is 11.5 Å². The first-order chi connectivity index (χ1) is 7.63. The summed E-state index contributed by atoms with van der Waals surface area (Å²) >= 11 is 0. The number of hydrogen-bond acceptors (Lipinski definition) is 5. The zero-order valence-electron chi connectivity index (χ0n) is 9.61. The normalized spacial score (nSPS) is 25.3. The first kappa shape index (κ1) is 11.0. The van der Waals surface area contributed by atoms with Crippen molar-refractivity contribution in [1.29, 1.82) is 0 Å². The van der Waals surface area contributed by atoms with Crippen LogP contribution in [0.15, 0.2) is 6.07 Å². The molecule has 1 aromatic heterocycles. The number of anilines is 3. The fraction of sp³-hybridized carbons (Fsp3) is 0.636. The van der Waals surface area contributed by atoms with E-state index in [9.17, 15) is 0 Å². The lowest BCUT2D eigenvalue weighted by Crippen LogP contribution is -2.25. The number of nitrogens with zero attached hydrogens (tertiary/aromatic N) is 2. The van der Waals surface area contributed by atoms with Gasteiger partial charge in [-0.2, -0.15) is 9.97 Å². The third-order valence-corrected chi connectivity index (χ3v) is 3.13. The molecule has 5 N–H and O–H groups in total. The van der Waals surface area contributed by atoms with Crippen molar-refractivity contribution in [3.05, 3.63) is 6.07 Å². The van der Waals surface area contributed by atoms with Crippen LogP contribution in [0.1, 0.15) is 32.6 Å². The Hall–Kier alpha value is -1.52. The number of nitrogens with two attached hydrogens (primary N) is 2. The minimum atomic E-state index is 0.228. The van der Waals surface area contributed by atoms with Crippen LogP contribution in [-0.4, -0.2) is 16.0 Å². The van der Waals surface area contributed by atoms with Crippen LogP contribution in [0, 0.1) is 5.92 Å². The Morgan fingerprint density at radius 1 is 1.19 bits per heavy atom. The van der Waals surface area contributed by atoms with Gasteiger partial charge < -0.3 is 16.8 Å². The van der Waals surface area contributed by atoms with Crippen LogP contribution in [-0.2, 0) is 0 Å². The third-order valence-electron chi connectivity index (χ3n) is 3.13. The number of nitrogen functional groups attached to an aromatic ring is 2. The van der Waals surface area contributed by atoms with Gasteiger partial charge in [0, 0.05) is 12.1 Å². The molecule has 5 heteroatoms. The van der Waals surface area contributed by atoms with Crippen molar-refractivity contribution in [2.75, 3.05) is 16.8 Å². The first-order valence-electron chi connectivity index (χ1n) is 5.80. The molecule has 88 valence electrons. The molecule has 0 amide bonds. The maximum Gasteiger partial charge on any atom is 0.223 e. The number of hydrogen-bond donors (Lipinski definition) is 3. The molecule has 0 aliphatic heterocycles. The monoisotopic (exact) mass is 221 g/mol. The topological polar surface area (TPSA) is 89.8 Å². The van der Waals surface area contributed by atoms with E-state index in [-0.39, 0.29) is 5.95 Å². The molecular weight excluding hydrogens is 202 g/mol. The molecule has 1 heterocycles. The Labute approximate surface area is 95.6 Å². The lowest BCUT2D eigenvalue weighted by atomic mass is 9.87. The Morgan fingerprint density at radius 3 is 2.50 bits per heavy atom. The van der Waals surface area contributed by atoms with Crippen LogP contribution in [0.3, 0.4) is 0 Å². The third kappa shape index (κ3) is 2.74. The van der Waals surface area contributed by atoms with Crippen molar-refractivity contribution in [3.63, 3.8) is 0 Å². The lowest BCUT2D eigenvalue weighted by Gasteiger charge is -2.27. The predicted octanol–water partition coefficient (Wildman–Crippen LogP) is 1.63. The van der Waals surface area contributed by atoms with Crippen LogP contribution in [0.25, 0.3) is 0 Å². The average molecular weight is 221 g/mol. The quantitative estimate of drug-likeness (QED) is 0.706. The van der Waals surface area contributed by atoms with Crippen molar-refractivity contribution < 1.29 is 0 Å². The molecule has 1 aliphatic rings. The van der Waals surface area contributed by atoms with Crippen LogP contribution in [0.4, 0.5) is 17.6 Å². The van der Waals surface area contributed by atoms with E-state index >= 15 is 0 Å². The molecule has 1 aromatic rings. The predicted molar refractivity (Wildman–Crippen MR) is 65.9 cm³/mol. The summed E-state index contributed by atoms with van der Waals surface area (Å²) in [6.07, 6.45) is 4.91. The Bertz CT molecular complexity index is 337. The summed E-state index contributed by atoms with van der Waals surface area (Å²) in [5.74, 6) is 2.23. The molecule has 1 fully saturated rings. The van der Waals surface area contributed by atoms with Gasteiger partial charge in [0.1, 0.15) is 11.6 Å². The molecule has 0 radical (unpaired) electrons. The summed E-state index contributed by atoms with van der Waals surface area (Å²) in [6.45, 7) is 2.30. The van der Waals surface area contributed by atoms with Crippen LogP contribution >= 0.6 is 0 Å². The summed E-state index contributed by atoms with van der Waals surface area (Å²) < 4.78 is 0. The Balaban J connectivity index is 1.98. The van der Waals surface area contributed by atoms with Crippen molar-refractivity contribution in [3.8, 4) is 0 Å². The fourth-order valence-corrected chi connectivity index (χ4v) is 2.17. The van der Waals surface area contributed by atoms with Crippen molar-refractivity contribution in [2.24, 2.45) is 5.92 Å². The van der Waals surface area contributed by atoms with Crippen LogP contribution < -0.4 is 16.8 Å². The number of aromatic nitrogens is 2. The van der Waals surface area contributed by atoms with Gasteiger partial charge in [-0.1, -0.05) is 6.92 Å². The first-order valence-corrected chi connectivity index (χ1v) is 5.80. The van der Waals surface area contributed by atoms with Gasteiger partial charge in [0.25, 0.3) is 0 Å². The van der Waals surface area contributed by atoms with Crippen LogP contribution in [0.5, 0.6) is 0 Å². The van der Waals surface area contributed by atoms with Gasteiger partial charge in [-0.05, 0) is 31.6 Å². The van der Waals surface area contributed by atoms with E-state index in [0.717, 1.165) is 11.7 Å². The van der Waals surface area contributed by atoms with Gasteiger partial charge >= 0.3 is 0 Å². The van der Waals surface area contributed by atoms with Gasteiger partial charge in [-0.25, -0.2) is 0 Å². The van der Waals surface area contributed by atoms with Gasteiger partial charge in [0.15, 0.2) is 0 Å². The Morgan fingerprint density at radius 2 is 1.88 bits per heavy atom. The van der Waals surface area contributed by atoms with Crippen molar-refractivity contribution >= 4 is 17.6 Å². The standard InChI is InChI=1S/C11H19N5/c1-7-2-4-8(5-3-7)14-10-6-9(12)15-11(13)16-10/h6-8H,2-5H2,1H3,(H5,12,13,14,15,16). The molecule has 1 saturated carbocycles.